The van der Waals surface area contributed by atoms with Gasteiger partial charge in [-0.2, -0.15) is 0 Å². The Kier molecular flexibility index (Phi) is 6.03. The smallest absolute Gasteiger partial charge is 0.161 e. The molecule has 0 bridgehead atoms. The average Bonchev–Trinajstić information content (AvgIpc) is 2.51. The van der Waals surface area contributed by atoms with Crippen LogP contribution in [0.25, 0.3) is 0 Å². The van der Waals surface area contributed by atoms with Crippen LogP contribution in [0.15, 0.2) is 42.7 Å². The van der Waals surface area contributed by atoms with Crippen molar-refractivity contribution in [3.63, 3.8) is 0 Å². The van der Waals surface area contributed by atoms with Crippen molar-refractivity contribution in [3.05, 3.63) is 53.9 Å². The van der Waals surface area contributed by atoms with Gasteiger partial charge in [-0.1, -0.05) is 12.1 Å². The van der Waals surface area contributed by atoms with Gasteiger partial charge in [0.15, 0.2) is 11.5 Å². The van der Waals surface area contributed by atoms with Crippen LogP contribution in [0, 0.1) is 0 Å². The molecule has 1 heterocycles. The molecule has 1 aromatic carbocycles. The Balaban J connectivity index is 1.98. The van der Waals surface area contributed by atoms with Crippen LogP contribution in [-0.4, -0.2) is 25.2 Å². The maximum absolute atomic E-state index is 5.85. The molecule has 0 aliphatic rings. The van der Waals surface area contributed by atoms with E-state index in [0.717, 1.165) is 24.5 Å². The van der Waals surface area contributed by atoms with E-state index < -0.39 is 0 Å². The van der Waals surface area contributed by atoms with Crippen molar-refractivity contribution < 1.29 is 9.47 Å². The van der Waals surface area contributed by atoms with Crippen LogP contribution in [0.1, 0.15) is 18.1 Å². The Bertz CT molecular complexity index is 544. The second-order valence-electron chi connectivity index (χ2n) is 4.70. The van der Waals surface area contributed by atoms with E-state index >= 15 is 0 Å². The normalized spacial score (nSPS) is 10.4. The Hall–Kier alpha value is -2.07. The van der Waals surface area contributed by atoms with Gasteiger partial charge in [0.2, 0.25) is 0 Å². The number of nitrogens with zero attached hydrogens (tertiary/aromatic N) is 1. The minimum absolute atomic E-state index is 0.608. The fourth-order valence-corrected chi connectivity index (χ4v) is 2.08. The molecule has 1 N–H and O–H groups in total. The van der Waals surface area contributed by atoms with Gasteiger partial charge in [0.1, 0.15) is 0 Å². The van der Waals surface area contributed by atoms with Gasteiger partial charge in [-0.15, -0.1) is 0 Å². The summed E-state index contributed by atoms with van der Waals surface area (Å²) in [7, 11) is 1.93. The summed E-state index contributed by atoms with van der Waals surface area (Å²) in [4.78, 5) is 4.10. The van der Waals surface area contributed by atoms with Gasteiger partial charge in [-0.3, -0.25) is 4.98 Å². The quantitative estimate of drug-likeness (QED) is 0.810. The van der Waals surface area contributed by atoms with Gasteiger partial charge < -0.3 is 14.8 Å². The first-order chi connectivity index (χ1) is 10.3. The number of hydrogen-bond donors (Lipinski definition) is 1. The zero-order valence-corrected chi connectivity index (χ0v) is 12.6. The number of benzene rings is 1. The molecule has 0 atom stereocenters. The fraction of sp³-hybridized carbons (Fsp3) is 0.353. The van der Waals surface area contributed by atoms with Crippen LogP contribution in [-0.2, 0) is 13.0 Å². The Morgan fingerprint density at radius 1 is 1.10 bits per heavy atom. The van der Waals surface area contributed by atoms with Crippen molar-refractivity contribution in [3.8, 4) is 11.5 Å². The van der Waals surface area contributed by atoms with E-state index in [9.17, 15) is 0 Å². The summed E-state index contributed by atoms with van der Waals surface area (Å²) in [5, 5.41) is 3.13. The molecule has 1 aromatic heterocycles. The third kappa shape index (κ3) is 4.76. The van der Waals surface area contributed by atoms with Crippen LogP contribution >= 0.6 is 0 Å². The van der Waals surface area contributed by atoms with Gasteiger partial charge in [0.05, 0.1) is 13.2 Å². The SMILES string of the molecule is CCOc1cc(CNC)ccc1OCCc1cccnc1. The van der Waals surface area contributed by atoms with Crippen molar-refractivity contribution in [1.29, 1.82) is 0 Å². The highest BCUT2D eigenvalue weighted by Gasteiger charge is 2.06. The van der Waals surface area contributed by atoms with Crippen LogP contribution in [0.3, 0.4) is 0 Å². The maximum Gasteiger partial charge on any atom is 0.161 e. The standard InChI is InChI=1S/C17H22N2O2/c1-3-20-17-11-15(12-18-2)6-7-16(17)21-10-8-14-5-4-9-19-13-14/h4-7,9,11,13,18H,3,8,10,12H2,1-2H3. The second-order valence-corrected chi connectivity index (χ2v) is 4.70. The first-order valence-corrected chi connectivity index (χ1v) is 7.25. The topological polar surface area (TPSA) is 43.4 Å². The summed E-state index contributed by atoms with van der Waals surface area (Å²) in [6, 6.07) is 10.0. The number of ether oxygens (including phenoxy) is 2. The zero-order valence-electron chi connectivity index (χ0n) is 12.6. The van der Waals surface area contributed by atoms with Crippen LogP contribution in [0.2, 0.25) is 0 Å². The molecule has 21 heavy (non-hydrogen) atoms. The summed E-state index contributed by atoms with van der Waals surface area (Å²) in [5.74, 6) is 1.59. The molecule has 0 aliphatic carbocycles. The Morgan fingerprint density at radius 2 is 2.00 bits per heavy atom. The molecule has 0 spiro atoms. The van der Waals surface area contributed by atoms with Gasteiger partial charge in [-0.05, 0) is 43.3 Å². The molecular weight excluding hydrogens is 264 g/mol. The lowest BCUT2D eigenvalue weighted by Crippen LogP contribution is -2.07. The van der Waals surface area contributed by atoms with E-state index in [2.05, 4.69) is 22.4 Å². The molecule has 0 unspecified atom stereocenters. The number of hydrogen-bond acceptors (Lipinski definition) is 4. The molecule has 4 heteroatoms. The maximum atomic E-state index is 5.85. The number of aromatic nitrogens is 1. The highest BCUT2D eigenvalue weighted by Crippen LogP contribution is 2.28. The first kappa shape index (κ1) is 15.3. The summed E-state index contributed by atoms with van der Waals surface area (Å²) in [5.41, 5.74) is 2.35. The van der Waals surface area contributed by atoms with Crippen molar-refractivity contribution in [2.24, 2.45) is 0 Å². The fourth-order valence-electron chi connectivity index (χ4n) is 2.08. The predicted molar refractivity (Wildman–Crippen MR) is 83.8 cm³/mol. The summed E-state index contributed by atoms with van der Waals surface area (Å²) >= 11 is 0. The lowest BCUT2D eigenvalue weighted by Gasteiger charge is -2.13. The first-order valence-electron chi connectivity index (χ1n) is 7.25. The van der Waals surface area contributed by atoms with E-state index in [1.165, 1.54) is 11.1 Å². The highest BCUT2D eigenvalue weighted by atomic mass is 16.5. The molecule has 0 amide bonds. The predicted octanol–water partition coefficient (Wildman–Crippen LogP) is 2.82. The number of rotatable bonds is 8. The largest absolute Gasteiger partial charge is 0.490 e. The lowest BCUT2D eigenvalue weighted by molar-refractivity contribution is 0.279. The Labute approximate surface area is 126 Å². The third-order valence-electron chi connectivity index (χ3n) is 3.06. The minimum atomic E-state index is 0.608. The van der Waals surface area contributed by atoms with E-state index in [4.69, 9.17) is 9.47 Å². The molecule has 0 saturated heterocycles. The summed E-state index contributed by atoms with van der Waals surface area (Å²) < 4.78 is 11.5. The van der Waals surface area contributed by atoms with E-state index in [-0.39, 0.29) is 0 Å². The highest BCUT2D eigenvalue weighted by molar-refractivity contribution is 5.43. The molecular formula is C17H22N2O2. The van der Waals surface area contributed by atoms with Crippen LogP contribution in [0.5, 0.6) is 11.5 Å². The van der Waals surface area contributed by atoms with Gasteiger partial charge in [0.25, 0.3) is 0 Å². The van der Waals surface area contributed by atoms with Gasteiger partial charge in [0, 0.05) is 25.4 Å². The molecule has 0 fully saturated rings. The zero-order chi connectivity index (χ0) is 14.9. The van der Waals surface area contributed by atoms with Crippen LogP contribution < -0.4 is 14.8 Å². The van der Waals surface area contributed by atoms with E-state index in [1.54, 1.807) is 6.20 Å². The van der Waals surface area contributed by atoms with Crippen molar-refractivity contribution in [2.45, 2.75) is 19.9 Å². The summed E-state index contributed by atoms with van der Waals surface area (Å²) in [6.45, 7) is 4.03. The molecule has 112 valence electrons. The van der Waals surface area contributed by atoms with Crippen molar-refractivity contribution in [2.75, 3.05) is 20.3 Å². The molecule has 2 rings (SSSR count). The van der Waals surface area contributed by atoms with Gasteiger partial charge in [-0.25, -0.2) is 0 Å². The van der Waals surface area contributed by atoms with E-state index in [1.807, 2.05) is 38.4 Å². The molecule has 4 nitrogen and oxygen atoms in total. The number of pyridine rings is 1. The number of nitrogens with one attached hydrogen (secondary N) is 1. The van der Waals surface area contributed by atoms with E-state index in [0.29, 0.717) is 13.2 Å². The van der Waals surface area contributed by atoms with Crippen molar-refractivity contribution in [1.82, 2.24) is 10.3 Å². The molecule has 2 aromatic rings. The van der Waals surface area contributed by atoms with Crippen LogP contribution in [0.4, 0.5) is 0 Å². The minimum Gasteiger partial charge on any atom is -0.490 e. The summed E-state index contributed by atoms with van der Waals surface area (Å²) in [6.07, 6.45) is 4.47. The molecule has 0 aliphatic heterocycles. The second kappa shape index (κ2) is 8.27. The van der Waals surface area contributed by atoms with Crippen molar-refractivity contribution >= 4 is 0 Å². The monoisotopic (exact) mass is 286 g/mol. The molecule has 0 saturated carbocycles. The molecule has 0 radical (unpaired) electrons. The Morgan fingerprint density at radius 3 is 2.71 bits per heavy atom. The average molecular weight is 286 g/mol. The van der Waals surface area contributed by atoms with Gasteiger partial charge >= 0.3 is 0 Å². The third-order valence-corrected chi connectivity index (χ3v) is 3.06. The lowest BCUT2D eigenvalue weighted by atomic mass is 10.2.